The standard InChI is InChI=1S/C21H27N3O4/c1-3-14-13-16(7-10-18(14)28-12-11-25)21(4-2,20(26)27)24-17-8-5-15(6-9-17)19(22)23/h5-10,13,24-25H,3-4,11-12H2,1-2H3,(H3,22,23)(H,26,27). The molecule has 150 valence electrons. The molecule has 0 heterocycles. The van der Waals surface area contributed by atoms with Crippen LogP contribution in [-0.4, -0.2) is 35.2 Å². The lowest BCUT2D eigenvalue weighted by molar-refractivity contribution is -0.142. The van der Waals surface area contributed by atoms with E-state index in [0.29, 0.717) is 35.4 Å². The van der Waals surface area contributed by atoms with Crippen molar-refractivity contribution in [1.29, 1.82) is 5.41 Å². The Kier molecular flexibility index (Phi) is 7.00. The summed E-state index contributed by atoms with van der Waals surface area (Å²) >= 11 is 0. The molecule has 0 aliphatic heterocycles. The second-order valence-corrected chi connectivity index (χ2v) is 6.43. The fraction of sp³-hybridized carbons (Fsp3) is 0.333. The van der Waals surface area contributed by atoms with Gasteiger partial charge in [-0.25, -0.2) is 4.79 Å². The number of benzene rings is 2. The minimum Gasteiger partial charge on any atom is -0.491 e. The number of nitrogen functional groups attached to an aromatic ring is 1. The lowest BCUT2D eigenvalue weighted by Crippen LogP contribution is -2.43. The number of hydrogen-bond donors (Lipinski definition) is 5. The summed E-state index contributed by atoms with van der Waals surface area (Å²) in [6.07, 6.45) is 0.984. The van der Waals surface area contributed by atoms with Crippen LogP contribution in [0.2, 0.25) is 0 Å². The number of aliphatic hydroxyl groups excluding tert-OH is 1. The van der Waals surface area contributed by atoms with Crippen molar-refractivity contribution < 1.29 is 19.7 Å². The second-order valence-electron chi connectivity index (χ2n) is 6.43. The molecule has 6 N–H and O–H groups in total. The summed E-state index contributed by atoms with van der Waals surface area (Å²) in [5, 5.41) is 29.7. The van der Waals surface area contributed by atoms with Gasteiger partial charge in [-0.3, -0.25) is 5.41 Å². The van der Waals surface area contributed by atoms with E-state index < -0.39 is 11.5 Å². The molecule has 0 spiro atoms. The van der Waals surface area contributed by atoms with Crippen molar-refractivity contribution in [2.24, 2.45) is 5.73 Å². The molecule has 2 aromatic carbocycles. The molecule has 0 saturated carbocycles. The maximum Gasteiger partial charge on any atom is 0.334 e. The average molecular weight is 385 g/mol. The quantitative estimate of drug-likeness (QED) is 0.316. The van der Waals surface area contributed by atoms with E-state index in [1.165, 1.54) is 0 Å². The van der Waals surface area contributed by atoms with Crippen LogP contribution < -0.4 is 15.8 Å². The van der Waals surface area contributed by atoms with Gasteiger partial charge >= 0.3 is 5.97 Å². The molecule has 0 saturated heterocycles. The van der Waals surface area contributed by atoms with Gasteiger partial charge in [0.05, 0.1) is 6.61 Å². The lowest BCUT2D eigenvalue weighted by Gasteiger charge is -2.32. The highest BCUT2D eigenvalue weighted by molar-refractivity contribution is 5.95. The average Bonchev–Trinajstić information content (AvgIpc) is 2.70. The molecule has 0 amide bonds. The second kappa shape index (κ2) is 9.23. The third kappa shape index (κ3) is 4.43. The number of carbonyl (C=O) groups is 1. The summed E-state index contributed by atoms with van der Waals surface area (Å²) < 4.78 is 5.54. The van der Waals surface area contributed by atoms with Crippen molar-refractivity contribution in [3.8, 4) is 5.75 Å². The zero-order valence-electron chi connectivity index (χ0n) is 16.2. The number of amidine groups is 1. The Labute approximate surface area is 164 Å². The largest absolute Gasteiger partial charge is 0.491 e. The van der Waals surface area contributed by atoms with Crippen LogP contribution in [0.25, 0.3) is 0 Å². The molecule has 1 atom stereocenters. The Hall–Kier alpha value is -3.06. The number of anilines is 1. The predicted molar refractivity (Wildman–Crippen MR) is 109 cm³/mol. The number of rotatable bonds is 10. The Morgan fingerprint density at radius 2 is 1.89 bits per heavy atom. The maximum atomic E-state index is 12.3. The van der Waals surface area contributed by atoms with Gasteiger partial charge in [0.2, 0.25) is 0 Å². The van der Waals surface area contributed by atoms with E-state index in [9.17, 15) is 9.90 Å². The number of ether oxygens (including phenoxy) is 1. The van der Waals surface area contributed by atoms with Gasteiger partial charge in [-0.05, 0) is 60.4 Å². The van der Waals surface area contributed by atoms with Gasteiger partial charge in [-0.2, -0.15) is 0 Å². The molecule has 28 heavy (non-hydrogen) atoms. The van der Waals surface area contributed by atoms with Gasteiger partial charge in [-0.1, -0.05) is 19.9 Å². The van der Waals surface area contributed by atoms with Crippen LogP contribution in [0, 0.1) is 5.41 Å². The smallest absolute Gasteiger partial charge is 0.334 e. The van der Waals surface area contributed by atoms with Crippen molar-refractivity contribution in [3.05, 3.63) is 59.2 Å². The monoisotopic (exact) mass is 385 g/mol. The Morgan fingerprint density at radius 3 is 2.39 bits per heavy atom. The van der Waals surface area contributed by atoms with E-state index in [1.54, 1.807) is 36.4 Å². The van der Waals surface area contributed by atoms with Gasteiger partial charge in [0.25, 0.3) is 0 Å². The normalized spacial score (nSPS) is 12.8. The molecule has 0 bridgehead atoms. The van der Waals surface area contributed by atoms with E-state index in [0.717, 1.165) is 5.56 Å². The number of aliphatic hydroxyl groups is 1. The van der Waals surface area contributed by atoms with E-state index in [-0.39, 0.29) is 19.0 Å². The van der Waals surface area contributed by atoms with E-state index in [1.807, 2.05) is 19.9 Å². The molecule has 2 aromatic rings. The van der Waals surface area contributed by atoms with Crippen LogP contribution in [0.15, 0.2) is 42.5 Å². The number of hydrogen-bond acceptors (Lipinski definition) is 5. The molecule has 7 heteroatoms. The van der Waals surface area contributed by atoms with E-state index >= 15 is 0 Å². The highest BCUT2D eigenvalue weighted by Crippen LogP contribution is 2.33. The zero-order chi connectivity index (χ0) is 20.7. The highest BCUT2D eigenvalue weighted by atomic mass is 16.5. The first-order valence-electron chi connectivity index (χ1n) is 9.21. The Bertz CT molecular complexity index is 836. The summed E-state index contributed by atoms with van der Waals surface area (Å²) in [6, 6.07) is 12.1. The van der Waals surface area contributed by atoms with Gasteiger partial charge < -0.3 is 26.0 Å². The molecule has 1 unspecified atom stereocenters. The molecular weight excluding hydrogens is 358 g/mol. The Balaban J connectivity index is 2.44. The van der Waals surface area contributed by atoms with E-state index in [4.69, 9.17) is 21.0 Å². The zero-order valence-corrected chi connectivity index (χ0v) is 16.2. The number of aliphatic carboxylic acids is 1. The molecule has 0 fully saturated rings. The number of nitrogens with one attached hydrogen (secondary N) is 2. The van der Waals surface area contributed by atoms with Gasteiger partial charge in [0.1, 0.15) is 18.2 Å². The topological polar surface area (TPSA) is 129 Å². The minimum atomic E-state index is -1.32. The lowest BCUT2D eigenvalue weighted by atomic mass is 9.85. The van der Waals surface area contributed by atoms with Crippen molar-refractivity contribution in [2.45, 2.75) is 32.2 Å². The molecular formula is C21H27N3O4. The third-order valence-electron chi connectivity index (χ3n) is 4.73. The SMILES string of the molecule is CCc1cc(C(CC)(Nc2ccc(C(=N)N)cc2)C(=O)O)ccc1OCCO. The summed E-state index contributed by atoms with van der Waals surface area (Å²) in [5.74, 6) is -0.393. The molecule has 2 rings (SSSR count). The number of carboxylic acids is 1. The first-order chi connectivity index (χ1) is 13.4. The summed E-state index contributed by atoms with van der Waals surface area (Å²) in [7, 11) is 0. The van der Waals surface area contributed by atoms with Crippen LogP contribution in [0.4, 0.5) is 5.69 Å². The van der Waals surface area contributed by atoms with Crippen LogP contribution in [0.3, 0.4) is 0 Å². The van der Waals surface area contributed by atoms with Crippen molar-refractivity contribution >= 4 is 17.5 Å². The van der Waals surface area contributed by atoms with Crippen LogP contribution in [-0.2, 0) is 16.8 Å². The number of nitrogens with two attached hydrogens (primary N) is 1. The third-order valence-corrected chi connectivity index (χ3v) is 4.73. The first-order valence-corrected chi connectivity index (χ1v) is 9.21. The molecule has 7 nitrogen and oxygen atoms in total. The van der Waals surface area contributed by atoms with Crippen LogP contribution in [0.1, 0.15) is 37.0 Å². The van der Waals surface area contributed by atoms with E-state index in [2.05, 4.69) is 5.32 Å². The number of carboxylic acid groups (broad SMARTS) is 1. The fourth-order valence-corrected chi connectivity index (χ4v) is 3.09. The number of aryl methyl sites for hydroxylation is 1. The van der Waals surface area contributed by atoms with Crippen LogP contribution >= 0.6 is 0 Å². The predicted octanol–water partition coefficient (Wildman–Crippen LogP) is 2.71. The maximum absolute atomic E-state index is 12.3. The van der Waals surface area contributed by atoms with Crippen molar-refractivity contribution in [1.82, 2.24) is 0 Å². The molecule has 0 aliphatic carbocycles. The van der Waals surface area contributed by atoms with Gasteiger partial charge in [0.15, 0.2) is 5.54 Å². The van der Waals surface area contributed by atoms with Crippen LogP contribution in [0.5, 0.6) is 5.75 Å². The Morgan fingerprint density at radius 1 is 1.21 bits per heavy atom. The van der Waals surface area contributed by atoms with Crippen molar-refractivity contribution in [2.75, 3.05) is 18.5 Å². The fourth-order valence-electron chi connectivity index (χ4n) is 3.09. The first kappa shape index (κ1) is 21.2. The van der Waals surface area contributed by atoms with Gasteiger partial charge in [-0.15, -0.1) is 0 Å². The summed E-state index contributed by atoms with van der Waals surface area (Å²) in [4.78, 5) is 12.3. The molecule has 0 radical (unpaired) electrons. The summed E-state index contributed by atoms with van der Waals surface area (Å²) in [6.45, 7) is 3.88. The highest BCUT2D eigenvalue weighted by Gasteiger charge is 2.39. The molecule has 0 aliphatic rings. The molecule has 0 aromatic heterocycles. The van der Waals surface area contributed by atoms with Crippen molar-refractivity contribution in [3.63, 3.8) is 0 Å². The summed E-state index contributed by atoms with van der Waals surface area (Å²) in [5.41, 5.74) is 6.84. The minimum absolute atomic E-state index is 0.0439. The van der Waals surface area contributed by atoms with Gasteiger partial charge in [0, 0.05) is 11.3 Å².